The number of ether oxygens (including phenoxy) is 2. The third kappa shape index (κ3) is 4.63. The Kier molecular flexibility index (Phi) is 7.03. The first-order valence-corrected chi connectivity index (χ1v) is 14.5. The van der Waals surface area contributed by atoms with Crippen LogP contribution in [0.4, 0.5) is 5.69 Å². The van der Waals surface area contributed by atoms with E-state index in [1.54, 1.807) is 31.2 Å². The predicted molar refractivity (Wildman–Crippen MR) is 152 cm³/mol. The number of benzene rings is 3. The maximum atomic E-state index is 14.0. The minimum absolute atomic E-state index is 0.239. The van der Waals surface area contributed by atoms with Crippen LogP contribution in [-0.2, 0) is 20.9 Å². The van der Waals surface area contributed by atoms with Crippen LogP contribution in [0.5, 0.6) is 5.75 Å². The van der Waals surface area contributed by atoms with Crippen molar-refractivity contribution in [1.29, 1.82) is 0 Å². The molecule has 3 atom stereocenters. The second kappa shape index (κ2) is 10.8. The van der Waals surface area contributed by atoms with E-state index in [9.17, 15) is 19.2 Å². The molecule has 0 bridgehead atoms. The Labute approximate surface area is 237 Å². The quantitative estimate of drug-likeness (QED) is 0.246. The summed E-state index contributed by atoms with van der Waals surface area (Å²) < 4.78 is 11.3. The number of hydrogen-bond donors (Lipinski definition) is 1. The van der Waals surface area contributed by atoms with Crippen molar-refractivity contribution in [2.75, 3.05) is 11.5 Å². The van der Waals surface area contributed by atoms with Gasteiger partial charge in [0.2, 0.25) is 11.8 Å². The highest BCUT2D eigenvalue weighted by molar-refractivity contribution is 8.00. The lowest BCUT2D eigenvalue weighted by molar-refractivity contribution is -0.122. The number of imide groups is 1. The summed E-state index contributed by atoms with van der Waals surface area (Å²) in [6.07, 6.45) is 0. The van der Waals surface area contributed by atoms with E-state index in [0.717, 1.165) is 22.5 Å². The van der Waals surface area contributed by atoms with E-state index in [2.05, 4.69) is 4.98 Å². The Morgan fingerprint density at radius 1 is 0.925 bits per heavy atom. The summed E-state index contributed by atoms with van der Waals surface area (Å²) in [6.45, 7) is 2.30. The van der Waals surface area contributed by atoms with Crippen molar-refractivity contribution in [3.05, 3.63) is 110 Å². The first-order chi connectivity index (χ1) is 19.5. The van der Waals surface area contributed by atoms with Crippen molar-refractivity contribution in [2.45, 2.75) is 29.7 Å². The highest BCUT2D eigenvalue weighted by Gasteiger charge is 2.56. The van der Waals surface area contributed by atoms with Crippen LogP contribution in [0.15, 0.2) is 88.7 Å². The molecular weight excluding hydrogens is 548 g/mol. The predicted octanol–water partition coefficient (Wildman–Crippen LogP) is 4.99. The molecule has 0 saturated carbocycles. The van der Waals surface area contributed by atoms with Crippen molar-refractivity contribution in [2.24, 2.45) is 5.92 Å². The number of nitrogens with one attached hydrogen (secondary N) is 1. The largest absolute Gasteiger partial charge is 0.489 e. The summed E-state index contributed by atoms with van der Waals surface area (Å²) in [5.41, 5.74) is 2.44. The van der Waals surface area contributed by atoms with Crippen LogP contribution < -0.4 is 14.5 Å². The molecule has 1 saturated heterocycles. The van der Waals surface area contributed by atoms with Crippen LogP contribution in [0.2, 0.25) is 0 Å². The van der Waals surface area contributed by atoms with Gasteiger partial charge in [0, 0.05) is 16.4 Å². The molecular formula is C30H24N2O6S2. The van der Waals surface area contributed by atoms with Crippen LogP contribution >= 0.6 is 23.1 Å². The SMILES string of the molecule is CCOC(=O)c1ccc(N2C(=O)C3Sc4[nH]c(=O)sc4C(c4ccccc4OCc4ccccc4)C3C2=O)cc1. The molecule has 8 nitrogen and oxygen atoms in total. The molecule has 6 rings (SSSR count). The molecule has 3 aromatic carbocycles. The molecule has 3 unspecified atom stereocenters. The molecule has 10 heteroatoms. The molecule has 3 heterocycles. The molecule has 40 heavy (non-hydrogen) atoms. The Morgan fingerprint density at radius 3 is 2.40 bits per heavy atom. The van der Waals surface area contributed by atoms with Crippen molar-refractivity contribution in [1.82, 2.24) is 4.98 Å². The molecule has 0 radical (unpaired) electrons. The van der Waals surface area contributed by atoms with Crippen LogP contribution in [0.3, 0.4) is 0 Å². The molecule has 202 valence electrons. The summed E-state index contributed by atoms with van der Waals surface area (Å²) in [5, 5.41) is -0.137. The van der Waals surface area contributed by atoms with Gasteiger partial charge in [0.15, 0.2) is 0 Å². The van der Waals surface area contributed by atoms with Crippen LogP contribution in [-0.4, -0.2) is 34.6 Å². The number of hydrogen-bond acceptors (Lipinski definition) is 8. The highest BCUT2D eigenvalue weighted by Crippen LogP contribution is 2.54. The fourth-order valence-corrected chi connectivity index (χ4v) is 7.68. The second-order valence-electron chi connectivity index (χ2n) is 9.34. The number of carbonyl (C=O) groups is 3. The van der Waals surface area contributed by atoms with E-state index in [4.69, 9.17) is 9.47 Å². The number of nitrogens with zero attached hydrogens (tertiary/aromatic N) is 1. The molecule has 2 aliphatic heterocycles. The molecule has 0 spiro atoms. The molecule has 4 aromatic rings. The number of esters is 1. The molecule has 2 amide bonds. The molecule has 1 N–H and O–H groups in total. The maximum absolute atomic E-state index is 14.0. The number of rotatable bonds is 7. The van der Waals surface area contributed by atoms with Gasteiger partial charge in [-0.25, -0.2) is 9.69 Å². The number of para-hydroxylation sites is 1. The van der Waals surface area contributed by atoms with Crippen LogP contribution in [0.1, 0.15) is 39.2 Å². The Bertz CT molecular complexity index is 1650. The topological polar surface area (TPSA) is 106 Å². The maximum Gasteiger partial charge on any atom is 0.338 e. The van der Waals surface area contributed by atoms with Crippen molar-refractivity contribution < 1.29 is 23.9 Å². The summed E-state index contributed by atoms with van der Waals surface area (Å²) >= 11 is 2.27. The number of aromatic amines is 1. The van der Waals surface area contributed by atoms with Gasteiger partial charge in [-0.3, -0.25) is 14.4 Å². The fourth-order valence-electron chi connectivity index (χ4n) is 5.17. The zero-order valence-electron chi connectivity index (χ0n) is 21.4. The highest BCUT2D eigenvalue weighted by atomic mass is 32.2. The summed E-state index contributed by atoms with van der Waals surface area (Å²) in [5.74, 6) is -1.92. The van der Waals surface area contributed by atoms with E-state index in [1.807, 2.05) is 54.6 Å². The lowest BCUT2D eigenvalue weighted by atomic mass is 9.82. The van der Waals surface area contributed by atoms with E-state index in [-0.39, 0.29) is 23.3 Å². The van der Waals surface area contributed by atoms with Gasteiger partial charge in [0.25, 0.3) is 0 Å². The van der Waals surface area contributed by atoms with Crippen LogP contribution in [0.25, 0.3) is 0 Å². The lowest BCUT2D eigenvalue weighted by Crippen LogP contribution is -2.32. The zero-order chi connectivity index (χ0) is 27.8. The fraction of sp³-hybridized carbons (Fsp3) is 0.200. The van der Waals surface area contributed by atoms with Crippen LogP contribution in [0, 0.1) is 5.92 Å². The van der Waals surface area contributed by atoms with Gasteiger partial charge in [-0.15, -0.1) is 0 Å². The van der Waals surface area contributed by atoms with Crippen molar-refractivity contribution in [3.8, 4) is 5.75 Å². The normalized spacial score (nSPS) is 19.7. The number of amides is 2. The van der Waals surface area contributed by atoms with Gasteiger partial charge in [-0.05, 0) is 42.8 Å². The lowest BCUT2D eigenvalue weighted by Gasteiger charge is -2.30. The number of anilines is 1. The minimum Gasteiger partial charge on any atom is -0.489 e. The molecule has 0 aliphatic carbocycles. The van der Waals surface area contributed by atoms with Gasteiger partial charge in [0.05, 0.1) is 28.8 Å². The number of aromatic nitrogens is 1. The molecule has 1 aromatic heterocycles. The average molecular weight is 573 g/mol. The third-order valence-corrected chi connectivity index (χ3v) is 9.35. The standard InChI is InChI=1S/C30H24N2O6S2/c1-2-37-29(35)18-12-14-19(15-13-18)32-27(33)23-22(24-26(31-30(36)40-24)39-25(23)28(32)34)20-10-6-7-11-21(20)38-16-17-8-4-3-5-9-17/h3-15,22-23,25H,2,16H2,1H3,(H,31,36). The van der Waals surface area contributed by atoms with Gasteiger partial charge < -0.3 is 14.5 Å². The summed E-state index contributed by atoms with van der Waals surface area (Å²) in [7, 11) is 0. The number of carbonyl (C=O) groups excluding carboxylic acids is 3. The molecule has 2 aliphatic rings. The van der Waals surface area contributed by atoms with Gasteiger partial charge >= 0.3 is 10.8 Å². The summed E-state index contributed by atoms with van der Waals surface area (Å²) in [6, 6.07) is 23.4. The monoisotopic (exact) mass is 572 g/mol. The number of thiazole rings is 1. The zero-order valence-corrected chi connectivity index (χ0v) is 23.0. The minimum atomic E-state index is -0.748. The number of thioether (sulfide) groups is 1. The molecule has 1 fully saturated rings. The Morgan fingerprint density at radius 2 is 1.65 bits per heavy atom. The van der Waals surface area contributed by atoms with Gasteiger partial charge in [0.1, 0.15) is 17.6 Å². The van der Waals surface area contributed by atoms with Crippen molar-refractivity contribution in [3.63, 3.8) is 0 Å². The van der Waals surface area contributed by atoms with E-state index in [0.29, 0.717) is 33.5 Å². The first kappa shape index (κ1) is 26.1. The van der Waals surface area contributed by atoms with Gasteiger partial charge in [-0.2, -0.15) is 0 Å². The Hall–Kier alpha value is -4.15. The van der Waals surface area contributed by atoms with E-state index in [1.165, 1.54) is 16.7 Å². The average Bonchev–Trinajstić information content (AvgIpc) is 3.47. The second-order valence-corrected chi connectivity index (χ2v) is 11.5. The number of fused-ring (bicyclic) bond motifs is 2. The number of H-pyrrole nitrogens is 1. The Balaban J connectivity index is 1.38. The summed E-state index contributed by atoms with van der Waals surface area (Å²) in [4.78, 5) is 56.8. The van der Waals surface area contributed by atoms with E-state index >= 15 is 0 Å². The van der Waals surface area contributed by atoms with Crippen molar-refractivity contribution >= 4 is 46.6 Å². The van der Waals surface area contributed by atoms with E-state index < -0.39 is 23.1 Å². The van der Waals surface area contributed by atoms with Gasteiger partial charge in [-0.1, -0.05) is 71.6 Å². The first-order valence-electron chi connectivity index (χ1n) is 12.8. The smallest absolute Gasteiger partial charge is 0.338 e. The third-order valence-electron chi connectivity index (χ3n) is 6.95.